The Labute approximate surface area is 147 Å². The Morgan fingerprint density at radius 1 is 1.17 bits per heavy atom. The number of hydrogen-bond acceptors (Lipinski definition) is 2. The SMILES string of the molecule is O=C(Nc1ccccc1Cn1cccn1)c1cc(F)c(Cl)cc1Cl. The number of halogens is 3. The molecule has 0 unspecified atom stereocenters. The van der Waals surface area contributed by atoms with Crippen molar-refractivity contribution in [3.05, 3.63) is 81.8 Å². The number of benzene rings is 2. The summed E-state index contributed by atoms with van der Waals surface area (Å²) < 4.78 is 15.3. The van der Waals surface area contributed by atoms with Crippen LogP contribution >= 0.6 is 23.2 Å². The summed E-state index contributed by atoms with van der Waals surface area (Å²) in [6.07, 6.45) is 3.50. The third kappa shape index (κ3) is 3.58. The van der Waals surface area contributed by atoms with Gasteiger partial charge in [-0.1, -0.05) is 41.4 Å². The van der Waals surface area contributed by atoms with Crippen LogP contribution < -0.4 is 5.32 Å². The average Bonchev–Trinajstić information content (AvgIpc) is 3.05. The van der Waals surface area contributed by atoms with Crippen molar-refractivity contribution in [1.29, 1.82) is 0 Å². The van der Waals surface area contributed by atoms with E-state index in [1.165, 1.54) is 6.07 Å². The predicted octanol–water partition coefficient (Wildman–Crippen LogP) is 4.63. The number of carbonyl (C=O) groups excluding carboxylic acids is 1. The minimum atomic E-state index is -0.698. The summed E-state index contributed by atoms with van der Waals surface area (Å²) in [7, 11) is 0. The molecule has 0 saturated heterocycles. The fourth-order valence-electron chi connectivity index (χ4n) is 2.23. The van der Waals surface area contributed by atoms with Gasteiger partial charge in [-0.3, -0.25) is 9.48 Å². The monoisotopic (exact) mass is 363 g/mol. The zero-order chi connectivity index (χ0) is 17.1. The summed E-state index contributed by atoms with van der Waals surface area (Å²) in [5.41, 5.74) is 1.48. The van der Waals surface area contributed by atoms with Gasteiger partial charge in [-0.2, -0.15) is 5.10 Å². The molecular weight excluding hydrogens is 352 g/mol. The van der Waals surface area contributed by atoms with E-state index in [9.17, 15) is 9.18 Å². The molecule has 0 radical (unpaired) electrons. The van der Waals surface area contributed by atoms with Crippen molar-refractivity contribution in [1.82, 2.24) is 9.78 Å². The van der Waals surface area contributed by atoms with E-state index in [1.807, 2.05) is 24.4 Å². The predicted molar refractivity (Wildman–Crippen MR) is 92.1 cm³/mol. The fourth-order valence-corrected chi connectivity index (χ4v) is 2.70. The van der Waals surface area contributed by atoms with Crippen molar-refractivity contribution < 1.29 is 9.18 Å². The van der Waals surface area contributed by atoms with Gasteiger partial charge in [-0.15, -0.1) is 0 Å². The van der Waals surface area contributed by atoms with Gasteiger partial charge in [0.2, 0.25) is 0 Å². The van der Waals surface area contributed by atoms with E-state index >= 15 is 0 Å². The fraction of sp³-hybridized carbons (Fsp3) is 0.0588. The molecule has 4 nitrogen and oxygen atoms in total. The maximum absolute atomic E-state index is 13.6. The summed E-state index contributed by atoms with van der Waals surface area (Å²) >= 11 is 11.6. The van der Waals surface area contributed by atoms with Crippen LogP contribution in [0.1, 0.15) is 15.9 Å². The number of hydrogen-bond donors (Lipinski definition) is 1. The lowest BCUT2D eigenvalue weighted by molar-refractivity contribution is 0.102. The van der Waals surface area contributed by atoms with Crippen LogP contribution in [0.25, 0.3) is 0 Å². The zero-order valence-electron chi connectivity index (χ0n) is 12.3. The largest absolute Gasteiger partial charge is 0.322 e. The number of rotatable bonds is 4. The van der Waals surface area contributed by atoms with Crippen LogP contribution in [0.5, 0.6) is 0 Å². The molecule has 1 heterocycles. The molecule has 0 aliphatic heterocycles. The molecule has 122 valence electrons. The summed E-state index contributed by atoms with van der Waals surface area (Å²) in [4.78, 5) is 12.4. The highest BCUT2D eigenvalue weighted by Crippen LogP contribution is 2.26. The van der Waals surface area contributed by atoms with Crippen LogP contribution in [0.15, 0.2) is 54.9 Å². The van der Waals surface area contributed by atoms with Gasteiger partial charge in [-0.05, 0) is 29.8 Å². The smallest absolute Gasteiger partial charge is 0.257 e. The summed E-state index contributed by atoms with van der Waals surface area (Å²) in [6.45, 7) is 0.492. The van der Waals surface area contributed by atoms with Gasteiger partial charge in [0.1, 0.15) is 5.82 Å². The molecule has 7 heteroatoms. The van der Waals surface area contributed by atoms with Crippen molar-refractivity contribution in [2.45, 2.75) is 6.54 Å². The van der Waals surface area contributed by atoms with Crippen molar-refractivity contribution in [2.24, 2.45) is 0 Å². The third-order valence-electron chi connectivity index (χ3n) is 3.41. The molecule has 3 aromatic rings. The second kappa shape index (κ2) is 7.03. The Hall–Kier alpha value is -2.37. The minimum Gasteiger partial charge on any atom is -0.322 e. The Kier molecular flexibility index (Phi) is 4.83. The first-order chi connectivity index (χ1) is 11.5. The zero-order valence-corrected chi connectivity index (χ0v) is 13.9. The summed E-state index contributed by atoms with van der Waals surface area (Å²) in [5, 5.41) is 6.85. The molecule has 1 aromatic heterocycles. The van der Waals surface area contributed by atoms with Gasteiger partial charge in [0.25, 0.3) is 5.91 Å². The van der Waals surface area contributed by atoms with Gasteiger partial charge in [0.15, 0.2) is 0 Å². The minimum absolute atomic E-state index is 0.0208. The number of amides is 1. The van der Waals surface area contributed by atoms with Gasteiger partial charge in [-0.25, -0.2) is 4.39 Å². The normalized spacial score (nSPS) is 10.6. The van der Waals surface area contributed by atoms with Gasteiger partial charge in [0.05, 0.1) is 22.2 Å². The molecule has 0 atom stereocenters. The highest BCUT2D eigenvalue weighted by atomic mass is 35.5. The highest BCUT2D eigenvalue weighted by molar-refractivity contribution is 6.37. The Morgan fingerprint density at radius 3 is 2.71 bits per heavy atom. The molecule has 1 amide bonds. The number of para-hydroxylation sites is 1. The Balaban J connectivity index is 1.86. The molecule has 0 bridgehead atoms. The highest BCUT2D eigenvalue weighted by Gasteiger charge is 2.15. The van der Waals surface area contributed by atoms with Crippen molar-refractivity contribution >= 4 is 34.8 Å². The number of nitrogens with zero attached hydrogens (tertiary/aromatic N) is 2. The second-order valence-corrected chi connectivity index (χ2v) is 5.88. The molecule has 0 spiro atoms. The van der Waals surface area contributed by atoms with E-state index < -0.39 is 11.7 Å². The van der Waals surface area contributed by atoms with Gasteiger partial charge >= 0.3 is 0 Å². The summed E-state index contributed by atoms with van der Waals surface area (Å²) in [5.74, 6) is -1.21. The molecule has 2 aromatic carbocycles. The average molecular weight is 364 g/mol. The van der Waals surface area contributed by atoms with E-state index in [0.29, 0.717) is 12.2 Å². The van der Waals surface area contributed by atoms with Crippen LogP contribution in [0, 0.1) is 5.82 Å². The van der Waals surface area contributed by atoms with Crippen LogP contribution in [0.4, 0.5) is 10.1 Å². The first-order valence-electron chi connectivity index (χ1n) is 7.06. The van der Waals surface area contributed by atoms with Crippen LogP contribution in [0.2, 0.25) is 10.0 Å². The summed E-state index contributed by atoms with van der Waals surface area (Å²) in [6, 6.07) is 11.4. The number of anilines is 1. The maximum Gasteiger partial charge on any atom is 0.257 e. The number of nitrogens with one attached hydrogen (secondary N) is 1. The second-order valence-electron chi connectivity index (χ2n) is 5.06. The molecule has 0 aliphatic carbocycles. The van der Waals surface area contributed by atoms with E-state index in [1.54, 1.807) is 23.0 Å². The molecule has 0 aliphatic rings. The molecule has 0 saturated carbocycles. The maximum atomic E-state index is 13.6. The number of carbonyl (C=O) groups is 1. The molecule has 0 fully saturated rings. The first-order valence-corrected chi connectivity index (χ1v) is 7.81. The lowest BCUT2D eigenvalue weighted by Gasteiger charge is -2.12. The molecule has 1 N–H and O–H groups in total. The van der Waals surface area contributed by atoms with E-state index in [0.717, 1.165) is 11.6 Å². The third-order valence-corrected chi connectivity index (χ3v) is 4.01. The van der Waals surface area contributed by atoms with Gasteiger partial charge in [0, 0.05) is 18.1 Å². The molecule has 24 heavy (non-hydrogen) atoms. The lowest BCUT2D eigenvalue weighted by atomic mass is 10.1. The van der Waals surface area contributed by atoms with E-state index in [2.05, 4.69) is 10.4 Å². The van der Waals surface area contributed by atoms with Gasteiger partial charge < -0.3 is 5.32 Å². The van der Waals surface area contributed by atoms with Crippen LogP contribution in [0.3, 0.4) is 0 Å². The molecular formula is C17H12Cl2FN3O. The van der Waals surface area contributed by atoms with E-state index in [4.69, 9.17) is 23.2 Å². The van der Waals surface area contributed by atoms with Crippen molar-refractivity contribution in [3.8, 4) is 0 Å². The van der Waals surface area contributed by atoms with Crippen molar-refractivity contribution in [3.63, 3.8) is 0 Å². The van der Waals surface area contributed by atoms with Crippen LogP contribution in [-0.4, -0.2) is 15.7 Å². The van der Waals surface area contributed by atoms with Crippen molar-refractivity contribution in [2.75, 3.05) is 5.32 Å². The topological polar surface area (TPSA) is 46.9 Å². The quantitative estimate of drug-likeness (QED) is 0.686. The molecule has 3 rings (SSSR count). The lowest BCUT2D eigenvalue weighted by Crippen LogP contribution is -2.15. The first kappa shape index (κ1) is 16.5. The van der Waals surface area contributed by atoms with Crippen LogP contribution in [-0.2, 0) is 6.54 Å². The Morgan fingerprint density at radius 2 is 1.96 bits per heavy atom. The number of aromatic nitrogens is 2. The van der Waals surface area contributed by atoms with E-state index in [-0.39, 0.29) is 15.6 Å². The standard InChI is InChI=1S/C17H12Cl2FN3O/c18-13-9-14(19)15(20)8-12(13)17(24)22-16-5-2-1-4-11(16)10-23-7-3-6-21-23/h1-9H,10H2,(H,22,24). The Bertz CT molecular complexity index is 882.